The van der Waals surface area contributed by atoms with Gasteiger partial charge in [-0.05, 0) is 12.1 Å². The van der Waals surface area contributed by atoms with Crippen molar-refractivity contribution in [1.29, 1.82) is 0 Å². The second-order valence-corrected chi connectivity index (χ2v) is 4.21. The van der Waals surface area contributed by atoms with E-state index in [1.807, 2.05) is 36.4 Å². The molecule has 0 fully saturated rings. The largest absolute Gasteiger partial charge is 0.478 e. The first-order chi connectivity index (χ1) is 10.4. The highest BCUT2D eigenvalue weighted by atomic mass is 16.5. The van der Waals surface area contributed by atoms with Crippen molar-refractivity contribution < 1.29 is 4.74 Å². The Hall–Kier alpha value is -3.02. The predicted molar refractivity (Wildman–Crippen MR) is 81.5 cm³/mol. The summed E-state index contributed by atoms with van der Waals surface area (Å²) >= 11 is 0. The van der Waals surface area contributed by atoms with Gasteiger partial charge in [0.15, 0.2) is 0 Å². The molecule has 3 aromatic rings. The van der Waals surface area contributed by atoms with Gasteiger partial charge < -0.3 is 4.74 Å². The average molecular weight is 279 g/mol. The number of pyridine rings is 1. The van der Waals surface area contributed by atoms with Crippen LogP contribution in [0, 0.1) is 0 Å². The summed E-state index contributed by atoms with van der Waals surface area (Å²) in [5, 5.41) is 5.20. The zero-order valence-electron chi connectivity index (χ0n) is 11.4. The lowest BCUT2D eigenvalue weighted by Crippen LogP contribution is -1.99. The number of hydrogen-bond donors (Lipinski definition) is 1. The zero-order valence-corrected chi connectivity index (χ0v) is 11.4. The number of para-hydroxylation sites is 1. The van der Waals surface area contributed by atoms with E-state index in [-0.39, 0.29) is 0 Å². The summed E-state index contributed by atoms with van der Waals surface area (Å²) in [4.78, 5) is 12.6. The van der Waals surface area contributed by atoms with Crippen molar-refractivity contribution in [2.24, 2.45) is 5.10 Å². The van der Waals surface area contributed by atoms with Gasteiger partial charge >= 0.3 is 0 Å². The SMILES string of the molecule is COc1nccnc1NN=Cc1ccc2ccccc2n1. The summed E-state index contributed by atoms with van der Waals surface area (Å²) in [7, 11) is 1.53. The van der Waals surface area contributed by atoms with Crippen molar-refractivity contribution in [3.63, 3.8) is 0 Å². The van der Waals surface area contributed by atoms with E-state index in [2.05, 4.69) is 25.5 Å². The molecular formula is C15H13N5O. The topological polar surface area (TPSA) is 72.3 Å². The molecule has 104 valence electrons. The van der Waals surface area contributed by atoms with Crippen molar-refractivity contribution in [2.45, 2.75) is 0 Å². The van der Waals surface area contributed by atoms with Gasteiger partial charge in [0.1, 0.15) is 0 Å². The van der Waals surface area contributed by atoms with Crippen LogP contribution in [0.3, 0.4) is 0 Å². The van der Waals surface area contributed by atoms with Gasteiger partial charge in [-0.25, -0.2) is 15.0 Å². The van der Waals surface area contributed by atoms with Crippen LogP contribution in [0.25, 0.3) is 10.9 Å². The molecule has 0 aliphatic heterocycles. The summed E-state index contributed by atoms with van der Waals surface area (Å²) in [6, 6.07) is 11.8. The molecule has 0 spiro atoms. The van der Waals surface area contributed by atoms with E-state index in [0.717, 1.165) is 16.6 Å². The molecule has 0 aliphatic rings. The molecule has 0 unspecified atom stereocenters. The molecule has 0 amide bonds. The Bertz CT molecular complexity index is 788. The van der Waals surface area contributed by atoms with E-state index in [1.54, 1.807) is 18.6 Å². The Balaban J connectivity index is 1.78. The number of nitrogens with one attached hydrogen (secondary N) is 1. The third-order valence-corrected chi connectivity index (χ3v) is 2.85. The van der Waals surface area contributed by atoms with Crippen LogP contribution in [0.4, 0.5) is 5.82 Å². The first-order valence-electron chi connectivity index (χ1n) is 6.37. The quantitative estimate of drug-likeness (QED) is 0.586. The number of benzene rings is 1. The van der Waals surface area contributed by atoms with E-state index >= 15 is 0 Å². The second kappa shape index (κ2) is 5.96. The Labute approximate surface area is 121 Å². The summed E-state index contributed by atoms with van der Waals surface area (Å²) in [6.07, 6.45) is 4.74. The van der Waals surface area contributed by atoms with Crippen molar-refractivity contribution >= 4 is 22.9 Å². The predicted octanol–water partition coefficient (Wildman–Crippen LogP) is 2.48. The number of nitrogens with zero attached hydrogens (tertiary/aromatic N) is 4. The molecule has 1 aromatic carbocycles. The third kappa shape index (κ3) is 2.94. The highest BCUT2D eigenvalue weighted by molar-refractivity contribution is 5.85. The Morgan fingerprint density at radius 1 is 1.10 bits per heavy atom. The number of hydrogen-bond acceptors (Lipinski definition) is 6. The monoisotopic (exact) mass is 279 g/mol. The average Bonchev–Trinajstić information content (AvgIpc) is 2.55. The first kappa shape index (κ1) is 13.0. The number of fused-ring (bicyclic) bond motifs is 1. The Morgan fingerprint density at radius 2 is 1.95 bits per heavy atom. The van der Waals surface area contributed by atoms with Gasteiger partial charge in [0.2, 0.25) is 5.82 Å². The number of anilines is 1. The Morgan fingerprint density at radius 3 is 2.86 bits per heavy atom. The smallest absolute Gasteiger partial charge is 0.258 e. The van der Waals surface area contributed by atoms with Crippen LogP contribution in [-0.4, -0.2) is 28.3 Å². The van der Waals surface area contributed by atoms with Crippen LogP contribution >= 0.6 is 0 Å². The summed E-state index contributed by atoms with van der Waals surface area (Å²) < 4.78 is 5.08. The molecule has 0 aliphatic carbocycles. The highest BCUT2D eigenvalue weighted by Crippen LogP contribution is 2.16. The number of rotatable bonds is 4. The number of hydrazone groups is 1. The van der Waals surface area contributed by atoms with E-state index in [1.165, 1.54) is 7.11 Å². The van der Waals surface area contributed by atoms with Crippen LogP contribution in [0.5, 0.6) is 5.88 Å². The fourth-order valence-electron chi connectivity index (χ4n) is 1.86. The normalized spacial score (nSPS) is 10.9. The number of aromatic nitrogens is 3. The molecular weight excluding hydrogens is 266 g/mol. The number of ether oxygens (including phenoxy) is 1. The number of methoxy groups -OCH3 is 1. The lowest BCUT2D eigenvalue weighted by atomic mass is 10.2. The van der Waals surface area contributed by atoms with Gasteiger partial charge in [0, 0.05) is 17.8 Å². The minimum Gasteiger partial charge on any atom is -0.478 e. The van der Waals surface area contributed by atoms with Crippen LogP contribution in [0.15, 0.2) is 53.9 Å². The van der Waals surface area contributed by atoms with Crippen molar-refractivity contribution in [3.8, 4) is 5.88 Å². The third-order valence-electron chi connectivity index (χ3n) is 2.85. The summed E-state index contributed by atoms with van der Waals surface area (Å²) in [5.74, 6) is 0.846. The second-order valence-electron chi connectivity index (χ2n) is 4.21. The van der Waals surface area contributed by atoms with Gasteiger partial charge in [-0.15, -0.1) is 0 Å². The van der Waals surface area contributed by atoms with Crippen LogP contribution in [0.2, 0.25) is 0 Å². The minimum atomic E-state index is 0.390. The van der Waals surface area contributed by atoms with Crippen molar-refractivity contribution in [3.05, 3.63) is 54.5 Å². The minimum absolute atomic E-state index is 0.390. The fraction of sp³-hybridized carbons (Fsp3) is 0.0667. The Kier molecular flexibility index (Phi) is 3.68. The van der Waals surface area contributed by atoms with Crippen LogP contribution in [-0.2, 0) is 0 Å². The lowest BCUT2D eigenvalue weighted by Gasteiger charge is -2.03. The van der Waals surface area contributed by atoms with E-state index in [9.17, 15) is 0 Å². The molecule has 0 atom stereocenters. The molecule has 2 aromatic heterocycles. The van der Waals surface area contributed by atoms with Gasteiger partial charge in [-0.3, -0.25) is 5.43 Å². The lowest BCUT2D eigenvalue weighted by molar-refractivity contribution is 0.398. The molecule has 3 rings (SSSR count). The highest BCUT2D eigenvalue weighted by Gasteiger charge is 2.02. The molecule has 21 heavy (non-hydrogen) atoms. The standard InChI is InChI=1S/C15H13N5O/c1-21-15-14(16-8-9-17-15)20-18-10-12-7-6-11-4-2-3-5-13(11)19-12/h2-10H,1H3,(H,16,20). The van der Waals surface area contributed by atoms with Crippen LogP contribution < -0.4 is 10.2 Å². The van der Waals surface area contributed by atoms with E-state index in [4.69, 9.17) is 4.74 Å². The summed E-state index contributed by atoms with van der Waals surface area (Å²) in [5.41, 5.74) is 4.47. The fourth-order valence-corrected chi connectivity index (χ4v) is 1.86. The van der Waals surface area contributed by atoms with E-state index in [0.29, 0.717) is 11.7 Å². The maximum atomic E-state index is 5.08. The van der Waals surface area contributed by atoms with Gasteiger partial charge in [-0.1, -0.05) is 24.3 Å². The molecule has 0 radical (unpaired) electrons. The van der Waals surface area contributed by atoms with Crippen LogP contribution in [0.1, 0.15) is 5.69 Å². The molecule has 0 saturated carbocycles. The van der Waals surface area contributed by atoms with E-state index < -0.39 is 0 Å². The molecule has 0 saturated heterocycles. The molecule has 2 heterocycles. The first-order valence-corrected chi connectivity index (χ1v) is 6.37. The molecule has 0 bridgehead atoms. The van der Waals surface area contributed by atoms with Gasteiger partial charge in [-0.2, -0.15) is 5.10 Å². The zero-order chi connectivity index (χ0) is 14.5. The van der Waals surface area contributed by atoms with Gasteiger partial charge in [0.25, 0.3) is 5.88 Å². The van der Waals surface area contributed by atoms with Crippen molar-refractivity contribution in [2.75, 3.05) is 12.5 Å². The van der Waals surface area contributed by atoms with Crippen molar-refractivity contribution in [1.82, 2.24) is 15.0 Å². The maximum Gasteiger partial charge on any atom is 0.258 e. The van der Waals surface area contributed by atoms with Gasteiger partial charge in [0.05, 0.1) is 24.5 Å². The summed E-state index contributed by atoms with van der Waals surface area (Å²) in [6.45, 7) is 0. The molecule has 6 heteroatoms. The molecule has 1 N–H and O–H groups in total. The molecule has 6 nitrogen and oxygen atoms in total. The maximum absolute atomic E-state index is 5.08.